The first kappa shape index (κ1) is 10.2. The minimum absolute atomic E-state index is 0.295. The van der Waals surface area contributed by atoms with E-state index in [2.05, 4.69) is 5.32 Å². The van der Waals surface area contributed by atoms with Crippen molar-refractivity contribution in [2.45, 2.75) is 0 Å². The molecular formula is C13H9FN2. The molecular weight excluding hydrogens is 203 g/mol. The molecule has 0 fully saturated rings. The van der Waals surface area contributed by atoms with Crippen LogP contribution in [0.4, 0.5) is 15.8 Å². The maximum atomic E-state index is 12.9. The van der Waals surface area contributed by atoms with Crippen molar-refractivity contribution in [2.24, 2.45) is 0 Å². The molecule has 16 heavy (non-hydrogen) atoms. The van der Waals surface area contributed by atoms with E-state index in [0.29, 0.717) is 11.3 Å². The Labute approximate surface area is 93.0 Å². The van der Waals surface area contributed by atoms with Crippen molar-refractivity contribution in [3.05, 3.63) is 59.9 Å². The summed E-state index contributed by atoms with van der Waals surface area (Å²) >= 11 is 0. The zero-order valence-corrected chi connectivity index (χ0v) is 8.44. The van der Waals surface area contributed by atoms with Crippen LogP contribution in [0.15, 0.2) is 48.5 Å². The molecule has 0 aliphatic rings. The predicted molar refractivity (Wildman–Crippen MR) is 60.8 cm³/mol. The number of nitrogens with zero attached hydrogens (tertiary/aromatic N) is 1. The van der Waals surface area contributed by atoms with Crippen LogP contribution in [-0.4, -0.2) is 0 Å². The molecule has 0 heterocycles. The first-order valence-electron chi connectivity index (χ1n) is 4.81. The van der Waals surface area contributed by atoms with E-state index < -0.39 is 5.82 Å². The van der Waals surface area contributed by atoms with Crippen LogP contribution in [0.25, 0.3) is 0 Å². The van der Waals surface area contributed by atoms with Crippen molar-refractivity contribution >= 4 is 11.4 Å². The SMILES string of the molecule is N#Cc1cc(F)ccc1Nc1ccccc1. The van der Waals surface area contributed by atoms with Crippen molar-refractivity contribution < 1.29 is 4.39 Å². The van der Waals surface area contributed by atoms with Gasteiger partial charge in [-0.1, -0.05) is 18.2 Å². The topological polar surface area (TPSA) is 35.8 Å². The molecule has 1 N–H and O–H groups in total. The summed E-state index contributed by atoms with van der Waals surface area (Å²) < 4.78 is 12.9. The highest BCUT2D eigenvalue weighted by molar-refractivity contribution is 5.66. The highest BCUT2D eigenvalue weighted by atomic mass is 19.1. The molecule has 0 saturated heterocycles. The summed E-state index contributed by atoms with van der Waals surface area (Å²) in [6.45, 7) is 0. The molecule has 0 aliphatic carbocycles. The average molecular weight is 212 g/mol. The van der Waals surface area contributed by atoms with Crippen LogP contribution >= 0.6 is 0 Å². The maximum absolute atomic E-state index is 12.9. The fourth-order valence-corrected chi connectivity index (χ4v) is 1.39. The van der Waals surface area contributed by atoms with Crippen LogP contribution < -0.4 is 5.32 Å². The Hall–Kier alpha value is -2.34. The van der Waals surface area contributed by atoms with Crippen LogP contribution in [0, 0.1) is 17.1 Å². The summed E-state index contributed by atoms with van der Waals surface area (Å²) in [7, 11) is 0. The maximum Gasteiger partial charge on any atom is 0.124 e. The molecule has 2 rings (SSSR count). The van der Waals surface area contributed by atoms with Gasteiger partial charge in [-0.25, -0.2) is 4.39 Å². The third-order valence-corrected chi connectivity index (χ3v) is 2.15. The van der Waals surface area contributed by atoms with Gasteiger partial charge in [0.1, 0.15) is 11.9 Å². The molecule has 0 aliphatic heterocycles. The first-order chi connectivity index (χ1) is 7.79. The van der Waals surface area contributed by atoms with Gasteiger partial charge in [0.15, 0.2) is 0 Å². The largest absolute Gasteiger partial charge is 0.354 e. The number of para-hydroxylation sites is 1. The lowest BCUT2D eigenvalue weighted by molar-refractivity contribution is 0.627. The van der Waals surface area contributed by atoms with Crippen LogP contribution in [-0.2, 0) is 0 Å². The second-order valence-corrected chi connectivity index (χ2v) is 3.29. The van der Waals surface area contributed by atoms with E-state index >= 15 is 0 Å². The number of anilines is 2. The van der Waals surface area contributed by atoms with E-state index in [1.54, 1.807) is 6.07 Å². The van der Waals surface area contributed by atoms with Crippen molar-refractivity contribution in [3.63, 3.8) is 0 Å². The molecule has 0 atom stereocenters. The van der Waals surface area contributed by atoms with Crippen LogP contribution in [0.1, 0.15) is 5.56 Å². The summed E-state index contributed by atoms with van der Waals surface area (Å²) in [5.41, 5.74) is 1.77. The molecule has 0 aromatic heterocycles. The van der Waals surface area contributed by atoms with E-state index in [9.17, 15) is 4.39 Å². The molecule has 78 valence electrons. The van der Waals surface area contributed by atoms with Gasteiger partial charge in [-0.05, 0) is 30.3 Å². The van der Waals surface area contributed by atoms with Gasteiger partial charge < -0.3 is 5.32 Å². The number of hydrogen-bond acceptors (Lipinski definition) is 2. The molecule has 0 unspecified atom stereocenters. The number of nitrogens with one attached hydrogen (secondary N) is 1. The Morgan fingerprint density at radius 2 is 1.81 bits per heavy atom. The van der Waals surface area contributed by atoms with Crippen molar-refractivity contribution in [1.29, 1.82) is 5.26 Å². The lowest BCUT2D eigenvalue weighted by Gasteiger charge is -2.07. The molecule has 2 aromatic rings. The Morgan fingerprint density at radius 3 is 2.50 bits per heavy atom. The second kappa shape index (κ2) is 4.45. The standard InChI is InChI=1S/C13H9FN2/c14-11-6-7-13(10(8-11)9-15)16-12-4-2-1-3-5-12/h1-8,16H. The van der Waals surface area contributed by atoms with Crippen LogP contribution in [0.5, 0.6) is 0 Å². The fraction of sp³-hybridized carbons (Fsp3) is 0. The van der Waals surface area contributed by atoms with E-state index in [0.717, 1.165) is 5.69 Å². The van der Waals surface area contributed by atoms with Crippen LogP contribution in [0.3, 0.4) is 0 Å². The lowest BCUT2D eigenvalue weighted by Crippen LogP contribution is -1.93. The number of halogens is 1. The van der Waals surface area contributed by atoms with E-state index in [1.165, 1.54) is 12.1 Å². The monoisotopic (exact) mass is 212 g/mol. The molecule has 0 bridgehead atoms. The van der Waals surface area contributed by atoms with E-state index in [-0.39, 0.29) is 0 Å². The molecule has 3 heteroatoms. The third-order valence-electron chi connectivity index (χ3n) is 2.15. The van der Waals surface area contributed by atoms with Crippen LogP contribution in [0.2, 0.25) is 0 Å². The summed E-state index contributed by atoms with van der Waals surface area (Å²) in [5, 5.41) is 11.9. The Bertz CT molecular complexity index is 529. The van der Waals surface area contributed by atoms with Gasteiger partial charge in [-0.2, -0.15) is 5.26 Å². The van der Waals surface area contributed by atoms with Crippen molar-refractivity contribution in [2.75, 3.05) is 5.32 Å². The van der Waals surface area contributed by atoms with Gasteiger partial charge in [0, 0.05) is 5.69 Å². The minimum Gasteiger partial charge on any atom is -0.354 e. The Kier molecular flexibility index (Phi) is 2.84. The van der Waals surface area contributed by atoms with Gasteiger partial charge in [0.2, 0.25) is 0 Å². The number of benzene rings is 2. The Balaban J connectivity index is 2.32. The minimum atomic E-state index is -0.407. The number of rotatable bonds is 2. The van der Waals surface area contributed by atoms with Gasteiger partial charge in [-0.15, -0.1) is 0 Å². The van der Waals surface area contributed by atoms with Gasteiger partial charge >= 0.3 is 0 Å². The molecule has 2 aromatic carbocycles. The zero-order valence-electron chi connectivity index (χ0n) is 8.44. The predicted octanol–water partition coefficient (Wildman–Crippen LogP) is 3.44. The lowest BCUT2D eigenvalue weighted by atomic mass is 10.2. The van der Waals surface area contributed by atoms with Crippen molar-refractivity contribution in [1.82, 2.24) is 0 Å². The smallest absolute Gasteiger partial charge is 0.124 e. The molecule has 2 nitrogen and oxygen atoms in total. The molecule has 0 amide bonds. The number of nitriles is 1. The number of hydrogen-bond donors (Lipinski definition) is 1. The molecule has 0 saturated carbocycles. The van der Waals surface area contributed by atoms with Crippen molar-refractivity contribution in [3.8, 4) is 6.07 Å². The second-order valence-electron chi connectivity index (χ2n) is 3.29. The highest BCUT2D eigenvalue weighted by Crippen LogP contribution is 2.20. The van der Waals surface area contributed by atoms with Gasteiger partial charge in [0.05, 0.1) is 11.3 Å². The fourth-order valence-electron chi connectivity index (χ4n) is 1.39. The van der Waals surface area contributed by atoms with Gasteiger partial charge in [0.25, 0.3) is 0 Å². The summed E-state index contributed by atoms with van der Waals surface area (Å²) in [4.78, 5) is 0. The zero-order chi connectivity index (χ0) is 11.4. The average Bonchev–Trinajstić information content (AvgIpc) is 2.33. The summed E-state index contributed by atoms with van der Waals surface area (Å²) in [5.74, 6) is -0.407. The quantitative estimate of drug-likeness (QED) is 0.827. The normalized spacial score (nSPS) is 9.50. The highest BCUT2D eigenvalue weighted by Gasteiger charge is 2.03. The molecule has 0 radical (unpaired) electrons. The summed E-state index contributed by atoms with van der Waals surface area (Å²) in [6, 6.07) is 15.5. The first-order valence-corrected chi connectivity index (χ1v) is 4.81. The van der Waals surface area contributed by atoms with E-state index in [1.807, 2.05) is 36.4 Å². The van der Waals surface area contributed by atoms with E-state index in [4.69, 9.17) is 5.26 Å². The third kappa shape index (κ3) is 2.18. The summed E-state index contributed by atoms with van der Waals surface area (Å²) in [6.07, 6.45) is 0. The van der Waals surface area contributed by atoms with Gasteiger partial charge in [-0.3, -0.25) is 0 Å². The molecule has 0 spiro atoms. The Morgan fingerprint density at radius 1 is 1.06 bits per heavy atom.